The molecule has 1 nitrogen and oxygen atoms in total. The lowest BCUT2D eigenvalue weighted by molar-refractivity contribution is 0.191. The van der Waals surface area contributed by atoms with Crippen LogP contribution in [0.25, 0.3) is 0 Å². The van der Waals surface area contributed by atoms with Crippen molar-refractivity contribution in [2.24, 2.45) is 17.8 Å². The zero-order valence-electron chi connectivity index (χ0n) is 11.0. The van der Waals surface area contributed by atoms with Crippen LogP contribution >= 0.6 is 12.6 Å². The van der Waals surface area contributed by atoms with E-state index in [0.717, 1.165) is 30.1 Å². The molecule has 0 spiro atoms. The molecule has 3 atom stereocenters. The van der Waals surface area contributed by atoms with Crippen LogP contribution in [0.1, 0.15) is 52.4 Å². The molecule has 0 heterocycles. The van der Waals surface area contributed by atoms with Crippen molar-refractivity contribution in [1.82, 2.24) is 5.32 Å². The zero-order valence-corrected chi connectivity index (χ0v) is 11.9. The highest BCUT2D eigenvalue weighted by Crippen LogP contribution is 2.35. The van der Waals surface area contributed by atoms with Gasteiger partial charge in [-0.05, 0) is 43.6 Å². The first-order chi connectivity index (χ1) is 7.74. The summed E-state index contributed by atoms with van der Waals surface area (Å²) in [6.07, 6.45) is 8.60. The first-order valence-electron chi connectivity index (χ1n) is 7.05. The minimum atomic E-state index is 0.956. The molecule has 96 valence electrons. The highest BCUT2D eigenvalue weighted by molar-refractivity contribution is 7.80. The largest absolute Gasteiger partial charge is 0.316 e. The van der Waals surface area contributed by atoms with Crippen molar-refractivity contribution in [3.63, 3.8) is 0 Å². The molecule has 1 aliphatic rings. The maximum Gasteiger partial charge on any atom is 0.00397 e. The van der Waals surface area contributed by atoms with Gasteiger partial charge in [-0.3, -0.25) is 0 Å². The highest BCUT2D eigenvalue weighted by atomic mass is 32.1. The zero-order chi connectivity index (χ0) is 11.8. The molecule has 2 heteroatoms. The highest BCUT2D eigenvalue weighted by Gasteiger charge is 2.24. The summed E-state index contributed by atoms with van der Waals surface area (Å²) in [5, 5.41) is 3.41. The molecule has 1 N–H and O–H groups in total. The van der Waals surface area contributed by atoms with E-state index < -0.39 is 0 Å². The molecule has 0 unspecified atom stereocenters. The van der Waals surface area contributed by atoms with E-state index in [0.29, 0.717) is 0 Å². The van der Waals surface area contributed by atoms with Gasteiger partial charge in [-0.25, -0.2) is 0 Å². The molecule has 16 heavy (non-hydrogen) atoms. The lowest BCUT2D eigenvalue weighted by Gasteiger charge is -2.32. The molecule has 0 amide bonds. The summed E-state index contributed by atoms with van der Waals surface area (Å²) in [5.74, 6) is 3.91. The maximum atomic E-state index is 4.19. The van der Waals surface area contributed by atoms with Gasteiger partial charge in [-0.2, -0.15) is 12.6 Å². The van der Waals surface area contributed by atoms with Crippen LogP contribution in [0, 0.1) is 17.8 Å². The summed E-state index contributed by atoms with van der Waals surface area (Å²) >= 11 is 4.19. The van der Waals surface area contributed by atoms with E-state index in [9.17, 15) is 0 Å². The Kier molecular flexibility index (Phi) is 7.55. The molecule has 0 aromatic heterocycles. The minimum Gasteiger partial charge on any atom is -0.316 e. The number of unbranched alkanes of at least 4 members (excludes halogenated alkanes) is 1. The van der Waals surface area contributed by atoms with Gasteiger partial charge in [0.25, 0.3) is 0 Å². The number of hydrogen-bond acceptors (Lipinski definition) is 2. The molecule has 1 fully saturated rings. The summed E-state index contributed by atoms with van der Waals surface area (Å²) in [5.41, 5.74) is 0. The van der Waals surface area contributed by atoms with E-state index in [1.165, 1.54) is 45.1 Å². The summed E-state index contributed by atoms with van der Waals surface area (Å²) in [7, 11) is 0. The second-order valence-electron chi connectivity index (χ2n) is 5.62. The fourth-order valence-corrected chi connectivity index (χ4v) is 3.18. The predicted octanol–water partition coefficient (Wildman–Crippen LogP) is 3.75. The third-order valence-corrected chi connectivity index (χ3v) is 4.30. The Bertz CT molecular complexity index is 172. The van der Waals surface area contributed by atoms with Crippen molar-refractivity contribution >= 4 is 12.6 Å². The fraction of sp³-hybridized carbons (Fsp3) is 1.00. The van der Waals surface area contributed by atoms with Crippen LogP contribution < -0.4 is 5.32 Å². The molecule has 0 aromatic rings. The van der Waals surface area contributed by atoms with Crippen LogP contribution in [-0.4, -0.2) is 18.8 Å². The SMILES string of the molecule is C[C@H]1CC[C@H](CCCCNCCS)[C@@H](C)C1. The second-order valence-corrected chi connectivity index (χ2v) is 6.07. The first-order valence-corrected chi connectivity index (χ1v) is 7.69. The second kappa shape index (κ2) is 8.41. The normalized spacial score (nSPS) is 30.6. The van der Waals surface area contributed by atoms with E-state index >= 15 is 0 Å². The van der Waals surface area contributed by atoms with Gasteiger partial charge < -0.3 is 5.32 Å². The Morgan fingerprint density at radius 3 is 2.62 bits per heavy atom. The van der Waals surface area contributed by atoms with E-state index in [2.05, 4.69) is 31.8 Å². The van der Waals surface area contributed by atoms with Crippen LogP contribution in [-0.2, 0) is 0 Å². The topological polar surface area (TPSA) is 12.0 Å². The average Bonchev–Trinajstić information content (AvgIpc) is 2.26. The van der Waals surface area contributed by atoms with Gasteiger partial charge in [-0.1, -0.05) is 33.1 Å². The van der Waals surface area contributed by atoms with Crippen LogP contribution in [0.3, 0.4) is 0 Å². The van der Waals surface area contributed by atoms with Gasteiger partial charge in [0.1, 0.15) is 0 Å². The minimum absolute atomic E-state index is 0.956. The van der Waals surface area contributed by atoms with Gasteiger partial charge in [0.2, 0.25) is 0 Å². The van der Waals surface area contributed by atoms with Crippen molar-refractivity contribution < 1.29 is 0 Å². The van der Waals surface area contributed by atoms with Gasteiger partial charge in [0, 0.05) is 12.3 Å². The van der Waals surface area contributed by atoms with E-state index in [1.54, 1.807) is 0 Å². The Labute approximate surface area is 107 Å². The molecule has 1 rings (SSSR count). The van der Waals surface area contributed by atoms with Gasteiger partial charge >= 0.3 is 0 Å². The number of nitrogens with one attached hydrogen (secondary N) is 1. The van der Waals surface area contributed by atoms with Gasteiger partial charge in [0.05, 0.1) is 0 Å². The first kappa shape index (κ1) is 14.4. The smallest absolute Gasteiger partial charge is 0.00397 e. The molecule has 0 saturated heterocycles. The van der Waals surface area contributed by atoms with Crippen molar-refractivity contribution in [1.29, 1.82) is 0 Å². The summed E-state index contributed by atoms with van der Waals surface area (Å²) in [6.45, 7) is 7.10. The number of thiol groups is 1. The standard InChI is InChI=1S/C14H29NS/c1-12-6-7-14(13(2)11-12)5-3-4-8-15-9-10-16/h12-16H,3-11H2,1-2H3/t12-,13-,14-/m0/s1. The van der Waals surface area contributed by atoms with Crippen LogP contribution in [0.15, 0.2) is 0 Å². The summed E-state index contributed by atoms with van der Waals surface area (Å²) < 4.78 is 0. The molecule has 0 bridgehead atoms. The molecular weight excluding hydrogens is 214 g/mol. The number of hydrogen-bond donors (Lipinski definition) is 2. The molecule has 1 aliphatic carbocycles. The van der Waals surface area contributed by atoms with E-state index in [-0.39, 0.29) is 0 Å². The molecule has 0 radical (unpaired) electrons. The Morgan fingerprint density at radius 2 is 1.94 bits per heavy atom. The lowest BCUT2D eigenvalue weighted by atomic mass is 9.74. The van der Waals surface area contributed by atoms with Gasteiger partial charge in [0.15, 0.2) is 0 Å². The van der Waals surface area contributed by atoms with Crippen molar-refractivity contribution in [2.45, 2.75) is 52.4 Å². The Balaban J connectivity index is 2.00. The Morgan fingerprint density at radius 1 is 1.12 bits per heavy atom. The van der Waals surface area contributed by atoms with Crippen LogP contribution in [0.5, 0.6) is 0 Å². The third-order valence-electron chi connectivity index (χ3n) is 4.08. The monoisotopic (exact) mass is 243 g/mol. The number of rotatable bonds is 7. The van der Waals surface area contributed by atoms with Gasteiger partial charge in [-0.15, -0.1) is 0 Å². The average molecular weight is 243 g/mol. The quantitative estimate of drug-likeness (QED) is 0.513. The van der Waals surface area contributed by atoms with E-state index in [4.69, 9.17) is 0 Å². The van der Waals surface area contributed by atoms with Crippen LogP contribution in [0.2, 0.25) is 0 Å². The third kappa shape index (κ3) is 5.58. The lowest BCUT2D eigenvalue weighted by Crippen LogP contribution is -2.22. The maximum absolute atomic E-state index is 4.19. The van der Waals surface area contributed by atoms with Crippen molar-refractivity contribution in [2.75, 3.05) is 18.8 Å². The fourth-order valence-electron chi connectivity index (χ4n) is 3.02. The Hall–Kier alpha value is 0.310. The predicted molar refractivity (Wildman–Crippen MR) is 76.2 cm³/mol. The summed E-state index contributed by atoms with van der Waals surface area (Å²) in [6, 6.07) is 0. The molecular formula is C14H29NS. The van der Waals surface area contributed by atoms with Crippen molar-refractivity contribution in [3.05, 3.63) is 0 Å². The van der Waals surface area contributed by atoms with E-state index in [1.807, 2.05) is 0 Å². The molecule has 0 aromatic carbocycles. The summed E-state index contributed by atoms with van der Waals surface area (Å²) in [4.78, 5) is 0. The van der Waals surface area contributed by atoms with Crippen LogP contribution in [0.4, 0.5) is 0 Å². The van der Waals surface area contributed by atoms with Crippen molar-refractivity contribution in [3.8, 4) is 0 Å². The molecule has 0 aliphatic heterocycles. The molecule has 1 saturated carbocycles.